The number of piperidine rings is 1. The van der Waals surface area contributed by atoms with Crippen LogP contribution in [0.2, 0.25) is 0 Å². The highest BCUT2D eigenvalue weighted by molar-refractivity contribution is 7.12. The van der Waals surface area contributed by atoms with Crippen LogP contribution in [0.25, 0.3) is 0 Å². The molecule has 1 atom stereocenters. The fourth-order valence-electron chi connectivity index (χ4n) is 4.35. The monoisotopic (exact) mass is 484 g/mol. The first-order valence-corrected chi connectivity index (χ1v) is 12.9. The van der Waals surface area contributed by atoms with Crippen LogP contribution in [-0.4, -0.2) is 46.8 Å². The smallest absolute Gasteiger partial charge is 0.311 e. The highest BCUT2D eigenvalue weighted by atomic mass is 32.1. The molecule has 8 heteroatoms. The van der Waals surface area contributed by atoms with Gasteiger partial charge in [0, 0.05) is 41.5 Å². The molecule has 0 aromatic carbocycles. The molecule has 3 aromatic rings. The van der Waals surface area contributed by atoms with E-state index in [2.05, 4.69) is 16.0 Å². The minimum Gasteiger partial charge on any atom is -0.457 e. The van der Waals surface area contributed by atoms with Crippen molar-refractivity contribution in [1.82, 2.24) is 9.47 Å². The maximum absolute atomic E-state index is 12.8. The van der Waals surface area contributed by atoms with Crippen LogP contribution < -0.4 is 0 Å². The Morgan fingerprint density at radius 3 is 2.64 bits per heavy atom. The molecule has 0 saturated carbocycles. The van der Waals surface area contributed by atoms with Crippen LogP contribution in [0, 0.1) is 19.8 Å². The Morgan fingerprint density at radius 1 is 1.12 bits per heavy atom. The molecular formula is C25H28N2O4S2. The van der Waals surface area contributed by atoms with Crippen LogP contribution in [0.5, 0.6) is 0 Å². The van der Waals surface area contributed by atoms with Crippen LogP contribution in [0.1, 0.15) is 49.1 Å². The average Bonchev–Trinajstić information content (AvgIpc) is 3.58. The number of carbonyl (C=O) groups is 3. The number of rotatable bonds is 8. The highest BCUT2D eigenvalue weighted by Crippen LogP contribution is 2.22. The number of Topliss-reactive ketones (excluding diaryl/α,β-unsaturated/α-hetero) is 1. The van der Waals surface area contributed by atoms with Gasteiger partial charge in [-0.25, -0.2) is 0 Å². The number of ether oxygens (including phenoxy) is 1. The average molecular weight is 485 g/mol. The summed E-state index contributed by atoms with van der Waals surface area (Å²) in [5.41, 5.74) is 2.52. The molecule has 4 heterocycles. The van der Waals surface area contributed by atoms with Gasteiger partial charge in [-0.05, 0) is 62.1 Å². The number of likely N-dealkylation sites (tertiary alicyclic amines) is 1. The molecule has 1 aliphatic rings. The minimum atomic E-state index is -0.404. The van der Waals surface area contributed by atoms with Gasteiger partial charge in [0.15, 0.2) is 6.61 Å². The Kier molecular flexibility index (Phi) is 7.45. The van der Waals surface area contributed by atoms with Crippen molar-refractivity contribution < 1.29 is 19.1 Å². The number of aryl methyl sites for hydroxylation is 2. The zero-order valence-electron chi connectivity index (χ0n) is 18.9. The summed E-state index contributed by atoms with van der Waals surface area (Å²) in [6, 6.07) is 9.68. The van der Waals surface area contributed by atoms with Crippen molar-refractivity contribution in [1.29, 1.82) is 0 Å². The summed E-state index contributed by atoms with van der Waals surface area (Å²) >= 11 is 3.13. The molecule has 33 heavy (non-hydrogen) atoms. The summed E-state index contributed by atoms with van der Waals surface area (Å²) in [6.07, 6.45) is 2.33. The fourth-order valence-corrected chi connectivity index (χ4v) is 5.74. The van der Waals surface area contributed by atoms with Crippen molar-refractivity contribution in [2.24, 2.45) is 5.92 Å². The zero-order valence-corrected chi connectivity index (χ0v) is 20.5. The van der Waals surface area contributed by atoms with E-state index in [-0.39, 0.29) is 18.3 Å². The molecule has 0 aliphatic carbocycles. The maximum Gasteiger partial charge on any atom is 0.311 e. The standard InChI is InChI=1S/C25H28N2O4S2/c1-17-14-21(18(2)27(17)11-9-20-7-4-12-32-20)22(28)16-31-25(30)19-6-3-10-26(15-19)24(29)23-8-5-13-33-23/h4-5,7-8,12-14,19H,3,6,9-11,15-16H2,1-2H3. The van der Waals surface area contributed by atoms with Gasteiger partial charge < -0.3 is 14.2 Å². The number of hydrogen-bond acceptors (Lipinski definition) is 6. The van der Waals surface area contributed by atoms with Crippen molar-refractivity contribution >= 4 is 40.3 Å². The molecule has 0 N–H and O–H groups in total. The van der Waals surface area contributed by atoms with Crippen molar-refractivity contribution in [3.05, 3.63) is 67.8 Å². The second kappa shape index (κ2) is 10.5. The first-order valence-electron chi connectivity index (χ1n) is 11.2. The molecule has 4 rings (SSSR count). The normalized spacial score (nSPS) is 16.1. The van der Waals surface area contributed by atoms with E-state index in [1.807, 2.05) is 37.4 Å². The molecule has 6 nitrogen and oxygen atoms in total. The summed E-state index contributed by atoms with van der Waals surface area (Å²) in [6.45, 7) is 5.43. The molecule has 174 valence electrons. The topological polar surface area (TPSA) is 68.6 Å². The second-order valence-electron chi connectivity index (χ2n) is 8.36. The third kappa shape index (κ3) is 5.45. The number of ketones is 1. The number of esters is 1. The molecule has 0 radical (unpaired) electrons. The van der Waals surface area contributed by atoms with Gasteiger partial charge in [-0.1, -0.05) is 12.1 Å². The number of thiophene rings is 2. The van der Waals surface area contributed by atoms with Crippen LogP contribution >= 0.6 is 22.7 Å². The fraction of sp³-hybridized carbons (Fsp3) is 0.400. The Bertz CT molecular complexity index is 1120. The zero-order chi connectivity index (χ0) is 23.4. The van der Waals surface area contributed by atoms with Gasteiger partial charge in [0.2, 0.25) is 5.78 Å². The quantitative estimate of drug-likeness (QED) is 0.342. The van der Waals surface area contributed by atoms with Crippen molar-refractivity contribution in [3.8, 4) is 0 Å². The summed E-state index contributed by atoms with van der Waals surface area (Å²) in [4.78, 5) is 41.8. The van der Waals surface area contributed by atoms with E-state index < -0.39 is 11.9 Å². The lowest BCUT2D eigenvalue weighted by Crippen LogP contribution is -2.42. The summed E-state index contributed by atoms with van der Waals surface area (Å²) < 4.78 is 7.55. The third-order valence-corrected chi connectivity index (χ3v) is 7.95. The molecule has 3 aromatic heterocycles. The lowest BCUT2D eigenvalue weighted by atomic mass is 9.98. The number of amides is 1. The third-order valence-electron chi connectivity index (χ3n) is 6.16. The molecule has 1 fully saturated rings. The second-order valence-corrected chi connectivity index (χ2v) is 10.3. The van der Waals surface area contributed by atoms with Gasteiger partial charge in [0.05, 0.1) is 10.8 Å². The van der Waals surface area contributed by atoms with Crippen molar-refractivity contribution in [3.63, 3.8) is 0 Å². The Balaban J connectivity index is 1.32. The van der Waals surface area contributed by atoms with E-state index in [0.717, 1.165) is 30.8 Å². The molecule has 0 bridgehead atoms. The first kappa shape index (κ1) is 23.4. The van der Waals surface area contributed by atoms with Crippen molar-refractivity contribution in [2.75, 3.05) is 19.7 Å². The van der Waals surface area contributed by atoms with Crippen LogP contribution in [0.3, 0.4) is 0 Å². The van der Waals surface area contributed by atoms with Crippen molar-refractivity contribution in [2.45, 2.75) is 39.7 Å². The summed E-state index contributed by atoms with van der Waals surface area (Å²) in [5.74, 6) is -1.04. The van der Waals surface area contributed by atoms with E-state index in [4.69, 9.17) is 4.74 Å². The molecule has 1 unspecified atom stereocenters. The SMILES string of the molecule is Cc1cc(C(=O)COC(=O)C2CCCN(C(=O)c3cccs3)C2)c(C)n1CCc1cccs1. The lowest BCUT2D eigenvalue weighted by Gasteiger charge is -2.31. The molecule has 0 spiro atoms. The summed E-state index contributed by atoms with van der Waals surface area (Å²) in [5, 5.41) is 3.94. The molecular weight excluding hydrogens is 456 g/mol. The lowest BCUT2D eigenvalue weighted by molar-refractivity contribution is -0.148. The Labute approximate surface area is 201 Å². The summed E-state index contributed by atoms with van der Waals surface area (Å²) in [7, 11) is 0. The number of hydrogen-bond donors (Lipinski definition) is 0. The maximum atomic E-state index is 12.8. The van der Waals surface area contributed by atoms with E-state index in [9.17, 15) is 14.4 Å². The van der Waals surface area contributed by atoms with Gasteiger partial charge >= 0.3 is 5.97 Å². The van der Waals surface area contributed by atoms with Crippen LogP contribution in [0.4, 0.5) is 0 Å². The van der Waals surface area contributed by atoms with E-state index in [0.29, 0.717) is 30.0 Å². The number of nitrogens with zero attached hydrogens (tertiary/aromatic N) is 2. The van der Waals surface area contributed by atoms with Crippen LogP contribution in [-0.2, 0) is 22.5 Å². The predicted octanol–water partition coefficient (Wildman–Crippen LogP) is 4.75. The molecule has 1 aliphatic heterocycles. The molecule has 1 amide bonds. The number of aromatic nitrogens is 1. The number of carbonyl (C=O) groups excluding carboxylic acids is 3. The first-order chi connectivity index (χ1) is 15.9. The Morgan fingerprint density at radius 2 is 1.91 bits per heavy atom. The van der Waals surface area contributed by atoms with E-state index >= 15 is 0 Å². The van der Waals surface area contributed by atoms with Gasteiger partial charge in [-0.15, -0.1) is 22.7 Å². The van der Waals surface area contributed by atoms with Gasteiger partial charge in [0.25, 0.3) is 5.91 Å². The van der Waals surface area contributed by atoms with Gasteiger partial charge in [-0.3, -0.25) is 14.4 Å². The Hall–Kier alpha value is -2.71. The predicted molar refractivity (Wildman–Crippen MR) is 130 cm³/mol. The van der Waals surface area contributed by atoms with E-state index in [1.54, 1.807) is 22.3 Å². The van der Waals surface area contributed by atoms with Gasteiger partial charge in [0.1, 0.15) is 0 Å². The van der Waals surface area contributed by atoms with Crippen LogP contribution in [0.15, 0.2) is 41.1 Å². The van der Waals surface area contributed by atoms with Gasteiger partial charge in [-0.2, -0.15) is 0 Å². The minimum absolute atomic E-state index is 0.0476. The molecule has 1 saturated heterocycles. The van der Waals surface area contributed by atoms with E-state index in [1.165, 1.54) is 16.2 Å². The highest BCUT2D eigenvalue weighted by Gasteiger charge is 2.31. The largest absolute Gasteiger partial charge is 0.457 e.